The highest BCUT2D eigenvalue weighted by Crippen LogP contribution is 2.45. The molecule has 1 saturated heterocycles. The van der Waals surface area contributed by atoms with Gasteiger partial charge in [0.1, 0.15) is 0 Å². The normalized spacial score (nSPS) is 30.6. The van der Waals surface area contributed by atoms with E-state index in [2.05, 4.69) is 18.3 Å². The predicted molar refractivity (Wildman–Crippen MR) is 83.9 cm³/mol. The number of hydrogen-bond acceptors (Lipinski definition) is 2. The molecule has 1 N–H and O–H groups in total. The fourth-order valence-electron chi connectivity index (χ4n) is 4.37. The summed E-state index contributed by atoms with van der Waals surface area (Å²) in [7, 11) is 0. The van der Waals surface area contributed by atoms with E-state index in [1.807, 2.05) is 0 Å². The summed E-state index contributed by atoms with van der Waals surface area (Å²) in [6.45, 7) is 4.34. The van der Waals surface area contributed by atoms with E-state index in [1.54, 1.807) is 5.57 Å². The Kier molecular flexibility index (Phi) is 4.83. The lowest BCUT2D eigenvalue weighted by atomic mass is 9.69. The van der Waals surface area contributed by atoms with Gasteiger partial charge in [0, 0.05) is 12.6 Å². The lowest BCUT2D eigenvalue weighted by Crippen LogP contribution is -2.50. The van der Waals surface area contributed by atoms with E-state index in [9.17, 15) is 0 Å². The summed E-state index contributed by atoms with van der Waals surface area (Å²) < 4.78 is 6.11. The standard InChI is InChI=1S/C18H31NO/c1-2-19-17(13-15-7-4-3-5-8-15)16-9-12-20-18(14-16)10-6-11-18/h7,16-17,19H,2-6,8-14H2,1H3. The Morgan fingerprint density at radius 1 is 1.35 bits per heavy atom. The minimum Gasteiger partial charge on any atom is -0.375 e. The van der Waals surface area contributed by atoms with Crippen molar-refractivity contribution in [1.82, 2.24) is 5.32 Å². The summed E-state index contributed by atoms with van der Waals surface area (Å²) in [6, 6.07) is 0.686. The van der Waals surface area contributed by atoms with Gasteiger partial charge < -0.3 is 10.1 Å². The quantitative estimate of drug-likeness (QED) is 0.760. The molecular weight excluding hydrogens is 246 g/mol. The number of rotatable bonds is 5. The highest BCUT2D eigenvalue weighted by Gasteiger charge is 2.44. The molecule has 2 atom stereocenters. The fraction of sp³-hybridized carbons (Fsp3) is 0.889. The highest BCUT2D eigenvalue weighted by molar-refractivity contribution is 5.08. The lowest BCUT2D eigenvalue weighted by Gasteiger charge is -2.49. The molecule has 2 nitrogen and oxygen atoms in total. The van der Waals surface area contributed by atoms with E-state index in [-0.39, 0.29) is 5.60 Å². The summed E-state index contributed by atoms with van der Waals surface area (Å²) in [6.07, 6.45) is 15.8. The molecule has 1 heterocycles. The van der Waals surface area contributed by atoms with Crippen LogP contribution >= 0.6 is 0 Å². The summed E-state index contributed by atoms with van der Waals surface area (Å²) in [4.78, 5) is 0. The third-order valence-corrected chi connectivity index (χ3v) is 5.70. The molecule has 3 rings (SSSR count). The Morgan fingerprint density at radius 2 is 2.25 bits per heavy atom. The molecular formula is C18H31NO. The lowest BCUT2D eigenvalue weighted by molar-refractivity contribution is -0.147. The van der Waals surface area contributed by atoms with Crippen molar-refractivity contribution in [2.75, 3.05) is 13.2 Å². The molecule has 0 bridgehead atoms. The van der Waals surface area contributed by atoms with Crippen molar-refractivity contribution < 1.29 is 4.74 Å². The maximum Gasteiger partial charge on any atom is 0.0685 e. The van der Waals surface area contributed by atoms with Crippen LogP contribution in [0.1, 0.15) is 71.1 Å². The van der Waals surface area contributed by atoms with Crippen LogP contribution in [0.3, 0.4) is 0 Å². The van der Waals surface area contributed by atoms with E-state index >= 15 is 0 Å². The molecule has 3 aliphatic rings. The van der Waals surface area contributed by atoms with Gasteiger partial charge in [-0.1, -0.05) is 18.6 Å². The largest absolute Gasteiger partial charge is 0.375 e. The molecule has 20 heavy (non-hydrogen) atoms. The first-order valence-corrected chi connectivity index (χ1v) is 8.86. The zero-order valence-electron chi connectivity index (χ0n) is 13.1. The van der Waals surface area contributed by atoms with Crippen molar-refractivity contribution in [3.8, 4) is 0 Å². The van der Waals surface area contributed by atoms with E-state index < -0.39 is 0 Å². The van der Waals surface area contributed by atoms with Crippen LogP contribution in [-0.2, 0) is 4.74 Å². The van der Waals surface area contributed by atoms with Crippen molar-refractivity contribution in [2.45, 2.75) is 82.8 Å². The molecule has 0 aromatic carbocycles. The second-order valence-electron chi connectivity index (χ2n) is 7.11. The smallest absolute Gasteiger partial charge is 0.0685 e. The second kappa shape index (κ2) is 6.62. The molecule has 0 amide bonds. The molecule has 1 spiro atoms. The van der Waals surface area contributed by atoms with Crippen molar-refractivity contribution in [1.29, 1.82) is 0 Å². The number of hydrogen-bond donors (Lipinski definition) is 1. The van der Waals surface area contributed by atoms with Gasteiger partial charge in [-0.05, 0) is 76.7 Å². The monoisotopic (exact) mass is 277 g/mol. The number of ether oxygens (including phenoxy) is 1. The maximum absolute atomic E-state index is 6.11. The Bertz CT molecular complexity index is 345. The van der Waals surface area contributed by atoms with Gasteiger partial charge in [0.15, 0.2) is 0 Å². The van der Waals surface area contributed by atoms with Crippen LogP contribution in [0.25, 0.3) is 0 Å². The van der Waals surface area contributed by atoms with E-state index in [4.69, 9.17) is 4.74 Å². The van der Waals surface area contributed by atoms with E-state index in [0.29, 0.717) is 6.04 Å². The Hall–Kier alpha value is -0.340. The van der Waals surface area contributed by atoms with Gasteiger partial charge in [0.25, 0.3) is 0 Å². The molecule has 0 aromatic heterocycles. The molecule has 2 aliphatic carbocycles. The zero-order valence-corrected chi connectivity index (χ0v) is 13.1. The van der Waals surface area contributed by atoms with Crippen LogP contribution in [0, 0.1) is 5.92 Å². The van der Waals surface area contributed by atoms with E-state index in [1.165, 1.54) is 64.2 Å². The first-order valence-electron chi connectivity index (χ1n) is 8.86. The molecule has 0 radical (unpaired) electrons. The van der Waals surface area contributed by atoms with Crippen molar-refractivity contribution >= 4 is 0 Å². The minimum atomic E-state index is 0.289. The van der Waals surface area contributed by atoms with Crippen molar-refractivity contribution in [2.24, 2.45) is 5.92 Å². The van der Waals surface area contributed by atoms with Crippen molar-refractivity contribution in [3.63, 3.8) is 0 Å². The Morgan fingerprint density at radius 3 is 2.90 bits per heavy atom. The van der Waals surface area contributed by atoms with Crippen LogP contribution in [0.5, 0.6) is 0 Å². The molecule has 0 aromatic rings. The molecule has 1 aliphatic heterocycles. The van der Waals surface area contributed by atoms with E-state index in [0.717, 1.165) is 19.1 Å². The first-order chi connectivity index (χ1) is 9.81. The predicted octanol–water partition coefficient (Wildman–Crippen LogP) is 4.20. The average Bonchev–Trinajstić information content (AvgIpc) is 2.46. The van der Waals surface area contributed by atoms with Crippen LogP contribution in [0.2, 0.25) is 0 Å². The van der Waals surface area contributed by atoms with Crippen LogP contribution in [0.15, 0.2) is 11.6 Å². The maximum atomic E-state index is 6.11. The Labute approximate surface area is 124 Å². The zero-order chi connectivity index (χ0) is 13.8. The van der Waals surface area contributed by atoms with Gasteiger partial charge in [0.05, 0.1) is 5.60 Å². The van der Waals surface area contributed by atoms with Crippen LogP contribution in [-0.4, -0.2) is 24.8 Å². The summed E-state index contributed by atoms with van der Waals surface area (Å²) in [5, 5.41) is 3.79. The van der Waals surface area contributed by atoms with Gasteiger partial charge in [-0.15, -0.1) is 0 Å². The van der Waals surface area contributed by atoms with Gasteiger partial charge >= 0.3 is 0 Å². The summed E-state index contributed by atoms with van der Waals surface area (Å²) >= 11 is 0. The molecule has 114 valence electrons. The van der Waals surface area contributed by atoms with Crippen LogP contribution in [0.4, 0.5) is 0 Å². The summed E-state index contributed by atoms with van der Waals surface area (Å²) in [5.74, 6) is 0.826. The first kappa shape index (κ1) is 14.6. The van der Waals surface area contributed by atoms with Crippen molar-refractivity contribution in [3.05, 3.63) is 11.6 Å². The van der Waals surface area contributed by atoms with Gasteiger partial charge in [0.2, 0.25) is 0 Å². The minimum absolute atomic E-state index is 0.289. The molecule has 2 unspecified atom stereocenters. The third kappa shape index (κ3) is 3.28. The highest BCUT2D eigenvalue weighted by atomic mass is 16.5. The van der Waals surface area contributed by atoms with Gasteiger partial charge in [-0.3, -0.25) is 0 Å². The van der Waals surface area contributed by atoms with Gasteiger partial charge in [-0.25, -0.2) is 0 Å². The molecule has 2 heteroatoms. The third-order valence-electron chi connectivity index (χ3n) is 5.70. The topological polar surface area (TPSA) is 21.3 Å². The molecule has 2 fully saturated rings. The Balaban J connectivity index is 1.61. The van der Waals surface area contributed by atoms with Gasteiger partial charge in [-0.2, -0.15) is 0 Å². The molecule has 1 saturated carbocycles. The fourth-order valence-corrected chi connectivity index (χ4v) is 4.37. The number of allylic oxidation sites excluding steroid dienone is 1. The number of nitrogens with one attached hydrogen (secondary N) is 1. The average molecular weight is 277 g/mol. The SMILES string of the molecule is CCNC(CC1=CCCCC1)C1CCOC2(CCC2)C1. The summed E-state index contributed by atoms with van der Waals surface area (Å²) in [5.41, 5.74) is 2.01. The van der Waals surface area contributed by atoms with Crippen LogP contribution < -0.4 is 5.32 Å². The second-order valence-corrected chi connectivity index (χ2v) is 7.11.